The molecule has 0 aliphatic carbocycles. The molecule has 6 nitrogen and oxygen atoms in total. The SMILES string of the molecule is Cl.Cl.NCc1cccc([C@@H]2CCN(C(=O)c3cncc(CCc4ccccc4)c3)C[C@@H]2C(=O)O)c1. The second kappa shape index (κ2) is 13.2. The number of carbonyl (C=O) groups excluding carboxylic acids is 1. The number of benzene rings is 2. The molecule has 2 atom stereocenters. The molecule has 3 N–H and O–H groups in total. The van der Waals surface area contributed by atoms with Crippen LogP contribution >= 0.6 is 24.8 Å². The van der Waals surface area contributed by atoms with Crippen LogP contribution in [0.3, 0.4) is 0 Å². The molecule has 0 saturated carbocycles. The lowest BCUT2D eigenvalue weighted by Gasteiger charge is -2.37. The summed E-state index contributed by atoms with van der Waals surface area (Å²) in [5.41, 5.74) is 10.5. The van der Waals surface area contributed by atoms with E-state index in [1.807, 2.05) is 48.5 Å². The largest absolute Gasteiger partial charge is 0.481 e. The summed E-state index contributed by atoms with van der Waals surface area (Å²) in [7, 11) is 0. The van der Waals surface area contributed by atoms with Gasteiger partial charge < -0.3 is 15.7 Å². The quantitative estimate of drug-likeness (QED) is 0.482. The predicted octanol–water partition coefficient (Wildman–Crippen LogP) is 4.50. The minimum absolute atomic E-state index is 0. The van der Waals surface area contributed by atoms with Crippen molar-refractivity contribution in [2.24, 2.45) is 11.7 Å². The summed E-state index contributed by atoms with van der Waals surface area (Å²) in [6, 6.07) is 19.9. The molecule has 1 amide bonds. The summed E-state index contributed by atoms with van der Waals surface area (Å²) in [4.78, 5) is 31.2. The highest BCUT2D eigenvalue weighted by Crippen LogP contribution is 2.34. The number of halogens is 2. The Morgan fingerprint density at radius 3 is 2.37 bits per heavy atom. The van der Waals surface area contributed by atoms with Gasteiger partial charge in [-0.25, -0.2) is 0 Å². The number of aliphatic carboxylic acids is 1. The van der Waals surface area contributed by atoms with Crippen LogP contribution < -0.4 is 5.73 Å². The Bertz CT molecular complexity index is 1130. The zero-order chi connectivity index (χ0) is 23.2. The highest BCUT2D eigenvalue weighted by atomic mass is 35.5. The minimum atomic E-state index is -0.884. The molecular formula is C27H31Cl2N3O3. The van der Waals surface area contributed by atoms with E-state index in [1.165, 1.54) is 5.56 Å². The van der Waals surface area contributed by atoms with E-state index in [0.717, 1.165) is 29.5 Å². The molecule has 0 bridgehead atoms. The van der Waals surface area contributed by atoms with Crippen LogP contribution in [0.4, 0.5) is 0 Å². The Kier molecular flexibility index (Phi) is 10.7. The number of pyridine rings is 1. The first-order valence-corrected chi connectivity index (χ1v) is 11.3. The van der Waals surface area contributed by atoms with E-state index in [0.29, 0.717) is 25.1 Å². The Hall–Kier alpha value is -2.93. The Balaban J connectivity index is 0.00000216. The van der Waals surface area contributed by atoms with Gasteiger partial charge in [0.2, 0.25) is 0 Å². The second-order valence-corrected chi connectivity index (χ2v) is 8.61. The average Bonchev–Trinajstić information content (AvgIpc) is 2.87. The molecule has 1 aliphatic rings. The van der Waals surface area contributed by atoms with E-state index < -0.39 is 11.9 Å². The van der Waals surface area contributed by atoms with Crippen LogP contribution in [0, 0.1) is 5.92 Å². The first kappa shape index (κ1) is 28.3. The van der Waals surface area contributed by atoms with Gasteiger partial charge in [-0.2, -0.15) is 0 Å². The molecule has 1 aromatic heterocycles. The summed E-state index contributed by atoms with van der Waals surface area (Å²) >= 11 is 0. The van der Waals surface area contributed by atoms with Crippen molar-refractivity contribution in [2.75, 3.05) is 13.1 Å². The van der Waals surface area contributed by atoms with Gasteiger partial charge in [0, 0.05) is 37.9 Å². The van der Waals surface area contributed by atoms with Gasteiger partial charge in [0.15, 0.2) is 0 Å². The van der Waals surface area contributed by atoms with Gasteiger partial charge in [-0.1, -0.05) is 54.6 Å². The number of aromatic nitrogens is 1. The highest BCUT2D eigenvalue weighted by molar-refractivity contribution is 5.94. The minimum Gasteiger partial charge on any atom is -0.481 e. The Labute approximate surface area is 218 Å². The van der Waals surface area contributed by atoms with Crippen molar-refractivity contribution in [3.05, 3.63) is 101 Å². The number of nitrogens with zero attached hydrogens (tertiary/aromatic N) is 2. The van der Waals surface area contributed by atoms with Crippen LogP contribution in [-0.4, -0.2) is 40.0 Å². The van der Waals surface area contributed by atoms with Crippen LogP contribution in [-0.2, 0) is 24.2 Å². The van der Waals surface area contributed by atoms with Crippen LogP contribution in [0.5, 0.6) is 0 Å². The van der Waals surface area contributed by atoms with Gasteiger partial charge in [0.25, 0.3) is 5.91 Å². The molecular weight excluding hydrogens is 485 g/mol. The number of rotatable bonds is 7. The first-order valence-electron chi connectivity index (χ1n) is 11.3. The maximum absolute atomic E-state index is 13.2. The lowest BCUT2D eigenvalue weighted by Crippen LogP contribution is -2.45. The van der Waals surface area contributed by atoms with Gasteiger partial charge in [0.1, 0.15) is 0 Å². The fourth-order valence-corrected chi connectivity index (χ4v) is 4.59. The molecule has 2 heterocycles. The first-order chi connectivity index (χ1) is 16.0. The normalized spacial score (nSPS) is 17.1. The van der Waals surface area contributed by atoms with E-state index in [1.54, 1.807) is 17.3 Å². The van der Waals surface area contributed by atoms with Crippen molar-refractivity contribution >= 4 is 36.7 Å². The van der Waals surface area contributed by atoms with Crippen LogP contribution in [0.1, 0.15) is 45.0 Å². The molecule has 35 heavy (non-hydrogen) atoms. The number of carbonyl (C=O) groups is 2. The average molecular weight is 516 g/mol. The number of nitrogens with two attached hydrogens (primary N) is 1. The molecule has 8 heteroatoms. The molecule has 1 aliphatic heterocycles. The molecule has 4 rings (SSSR count). The van der Waals surface area contributed by atoms with Crippen LogP contribution in [0.15, 0.2) is 73.1 Å². The molecule has 0 radical (unpaired) electrons. The highest BCUT2D eigenvalue weighted by Gasteiger charge is 2.37. The van der Waals surface area contributed by atoms with Crippen LogP contribution in [0.25, 0.3) is 0 Å². The zero-order valence-corrected chi connectivity index (χ0v) is 21.0. The van der Waals surface area contributed by atoms with Crippen molar-refractivity contribution in [3.63, 3.8) is 0 Å². The van der Waals surface area contributed by atoms with E-state index >= 15 is 0 Å². The van der Waals surface area contributed by atoms with E-state index in [2.05, 4.69) is 17.1 Å². The number of carboxylic acid groups (broad SMARTS) is 1. The summed E-state index contributed by atoms with van der Waals surface area (Å²) in [5, 5.41) is 9.91. The number of piperidine rings is 1. The monoisotopic (exact) mass is 515 g/mol. The summed E-state index contributed by atoms with van der Waals surface area (Å²) in [6.07, 6.45) is 5.61. The van der Waals surface area contributed by atoms with Crippen molar-refractivity contribution in [2.45, 2.75) is 31.7 Å². The van der Waals surface area contributed by atoms with Crippen molar-refractivity contribution in [3.8, 4) is 0 Å². The van der Waals surface area contributed by atoms with Gasteiger partial charge in [0.05, 0.1) is 11.5 Å². The van der Waals surface area contributed by atoms with Gasteiger partial charge in [-0.05, 0) is 47.6 Å². The number of aryl methyl sites for hydroxylation is 2. The second-order valence-electron chi connectivity index (χ2n) is 8.61. The smallest absolute Gasteiger partial charge is 0.308 e. The predicted molar refractivity (Wildman–Crippen MR) is 141 cm³/mol. The Morgan fingerprint density at radius 2 is 1.66 bits per heavy atom. The van der Waals surface area contributed by atoms with Crippen molar-refractivity contribution < 1.29 is 14.7 Å². The maximum atomic E-state index is 13.2. The molecule has 0 spiro atoms. The third-order valence-electron chi connectivity index (χ3n) is 6.42. The van der Waals surface area contributed by atoms with Crippen molar-refractivity contribution in [1.82, 2.24) is 9.88 Å². The number of hydrogen-bond donors (Lipinski definition) is 2. The van der Waals surface area contributed by atoms with Crippen LogP contribution in [0.2, 0.25) is 0 Å². The number of carboxylic acids is 1. The van der Waals surface area contributed by atoms with Gasteiger partial charge >= 0.3 is 5.97 Å². The lowest BCUT2D eigenvalue weighted by atomic mass is 9.80. The summed E-state index contributed by atoms with van der Waals surface area (Å²) < 4.78 is 0. The number of hydrogen-bond acceptors (Lipinski definition) is 4. The maximum Gasteiger partial charge on any atom is 0.308 e. The van der Waals surface area contributed by atoms with E-state index in [4.69, 9.17) is 5.73 Å². The van der Waals surface area contributed by atoms with E-state index in [9.17, 15) is 14.7 Å². The van der Waals surface area contributed by atoms with Gasteiger partial charge in [-0.15, -0.1) is 24.8 Å². The third kappa shape index (κ3) is 7.04. The molecule has 186 valence electrons. The van der Waals surface area contributed by atoms with Crippen molar-refractivity contribution in [1.29, 1.82) is 0 Å². The fraction of sp³-hybridized carbons (Fsp3) is 0.296. The molecule has 0 unspecified atom stereocenters. The third-order valence-corrected chi connectivity index (χ3v) is 6.42. The topological polar surface area (TPSA) is 96.5 Å². The summed E-state index contributed by atoms with van der Waals surface area (Å²) in [5.74, 6) is -1.85. The van der Waals surface area contributed by atoms with E-state index in [-0.39, 0.29) is 43.2 Å². The molecule has 3 aromatic rings. The summed E-state index contributed by atoms with van der Waals surface area (Å²) in [6.45, 7) is 1.10. The fourth-order valence-electron chi connectivity index (χ4n) is 4.59. The Morgan fingerprint density at radius 1 is 0.943 bits per heavy atom. The zero-order valence-electron chi connectivity index (χ0n) is 19.4. The number of likely N-dealkylation sites (tertiary alicyclic amines) is 1. The molecule has 1 fully saturated rings. The standard InChI is InChI=1S/C27H29N3O3.2ClH/c28-15-20-7-4-8-22(13-20)24-11-12-30(18-25(24)27(32)33)26(31)23-14-21(16-29-17-23)10-9-19-5-2-1-3-6-19;;/h1-8,13-14,16-17,24-25H,9-12,15,18,28H2,(H,32,33);2*1H/t24-,25-;;/m0../s1. The molecule has 1 saturated heterocycles. The lowest BCUT2D eigenvalue weighted by molar-refractivity contribution is -0.144. The van der Waals surface area contributed by atoms with Gasteiger partial charge in [-0.3, -0.25) is 14.6 Å². The number of amides is 1. The molecule has 2 aromatic carbocycles.